The molecule has 17 heavy (non-hydrogen) atoms. The molecule has 0 aliphatic heterocycles. The van der Waals surface area contributed by atoms with E-state index in [1.807, 2.05) is 0 Å². The third-order valence-electron chi connectivity index (χ3n) is 1.80. The molecule has 0 amide bonds. The largest absolute Gasteiger partial charge is 0.405 e. The monoisotopic (exact) mass is 333 g/mol. The summed E-state index contributed by atoms with van der Waals surface area (Å²) in [5.41, 5.74) is -0.545. The summed E-state index contributed by atoms with van der Waals surface area (Å²) < 4.78 is 37.0. The van der Waals surface area contributed by atoms with E-state index in [-0.39, 0.29) is 22.7 Å². The summed E-state index contributed by atoms with van der Waals surface area (Å²) in [7, 11) is 0. The number of nitrogens with one attached hydrogen (secondary N) is 1. The van der Waals surface area contributed by atoms with Crippen molar-refractivity contribution < 1.29 is 13.2 Å². The van der Waals surface area contributed by atoms with Crippen LogP contribution in [-0.2, 0) is 0 Å². The maximum Gasteiger partial charge on any atom is 0.405 e. The van der Waals surface area contributed by atoms with Crippen molar-refractivity contribution in [1.29, 1.82) is 0 Å². The SMILES string of the molecule is O=c1[nH]cnc(N(CCCl)CC(F)(F)F)c1Br. The summed E-state index contributed by atoms with van der Waals surface area (Å²) in [5.74, 6) is -0.0801. The zero-order valence-corrected chi connectivity index (χ0v) is 10.7. The van der Waals surface area contributed by atoms with Gasteiger partial charge in [-0.2, -0.15) is 13.2 Å². The molecule has 0 saturated heterocycles. The molecule has 0 saturated carbocycles. The van der Waals surface area contributed by atoms with Crippen LogP contribution in [0.3, 0.4) is 0 Å². The normalized spacial score (nSPS) is 11.6. The zero-order chi connectivity index (χ0) is 13.1. The van der Waals surface area contributed by atoms with Gasteiger partial charge in [-0.25, -0.2) is 4.98 Å². The molecule has 0 bridgehead atoms. The maximum absolute atomic E-state index is 12.3. The van der Waals surface area contributed by atoms with Gasteiger partial charge in [0.15, 0.2) is 5.82 Å². The minimum Gasteiger partial charge on any atom is -0.345 e. The van der Waals surface area contributed by atoms with Gasteiger partial charge in [0.25, 0.3) is 5.56 Å². The summed E-state index contributed by atoms with van der Waals surface area (Å²) in [6.07, 6.45) is -3.35. The van der Waals surface area contributed by atoms with E-state index in [9.17, 15) is 18.0 Å². The van der Waals surface area contributed by atoms with Crippen LogP contribution in [0, 0.1) is 0 Å². The smallest absolute Gasteiger partial charge is 0.345 e. The van der Waals surface area contributed by atoms with Crippen molar-refractivity contribution in [2.75, 3.05) is 23.9 Å². The molecule has 1 rings (SSSR count). The highest BCUT2D eigenvalue weighted by atomic mass is 79.9. The molecule has 0 aromatic carbocycles. The van der Waals surface area contributed by atoms with Crippen LogP contribution < -0.4 is 10.5 Å². The Morgan fingerprint density at radius 3 is 2.71 bits per heavy atom. The summed E-state index contributed by atoms with van der Waals surface area (Å²) in [6.45, 7) is -1.27. The number of aromatic nitrogens is 2. The van der Waals surface area contributed by atoms with Gasteiger partial charge in [-0.1, -0.05) is 0 Å². The van der Waals surface area contributed by atoms with Gasteiger partial charge >= 0.3 is 6.18 Å². The minimum absolute atomic E-state index is 0.00298. The first-order chi connectivity index (χ1) is 7.85. The Labute approximate surface area is 108 Å². The molecule has 4 nitrogen and oxygen atoms in total. The maximum atomic E-state index is 12.3. The number of halogens is 5. The van der Waals surface area contributed by atoms with Gasteiger partial charge < -0.3 is 9.88 Å². The molecule has 0 aliphatic rings. The molecule has 96 valence electrons. The molecule has 1 aromatic rings. The van der Waals surface area contributed by atoms with Gasteiger partial charge in [-0.15, -0.1) is 11.6 Å². The van der Waals surface area contributed by atoms with E-state index in [2.05, 4.69) is 25.9 Å². The van der Waals surface area contributed by atoms with Crippen LogP contribution in [0.5, 0.6) is 0 Å². The second kappa shape index (κ2) is 5.72. The molecular formula is C8H8BrClF3N3O. The molecule has 0 fully saturated rings. The van der Waals surface area contributed by atoms with Crippen LogP contribution >= 0.6 is 27.5 Å². The molecule has 1 N–H and O–H groups in total. The van der Waals surface area contributed by atoms with Crippen molar-refractivity contribution in [3.63, 3.8) is 0 Å². The Bertz CT molecular complexity index is 437. The number of anilines is 1. The third kappa shape index (κ3) is 4.19. The second-order valence-corrected chi connectivity index (χ2v) is 4.27. The predicted octanol–water partition coefficient (Wildman–Crippen LogP) is 2.14. The summed E-state index contributed by atoms with van der Waals surface area (Å²) in [5, 5.41) is 0. The number of aromatic amines is 1. The van der Waals surface area contributed by atoms with E-state index in [1.165, 1.54) is 0 Å². The lowest BCUT2D eigenvalue weighted by molar-refractivity contribution is -0.119. The van der Waals surface area contributed by atoms with Crippen LogP contribution in [0.4, 0.5) is 19.0 Å². The molecular weight excluding hydrogens is 326 g/mol. The Morgan fingerprint density at radius 2 is 2.18 bits per heavy atom. The van der Waals surface area contributed by atoms with Crippen molar-refractivity contribution in [3.05, 3.63) is 21.2 Å². The van der Waals surface area contributed by atoms with Crippen LogP contribution in [0.15, 0.2) is 15.6 Å². The number of alkyl halides is 4. The van der Waals surface area contributed by atoms with E-state index < -0.39 is 18.3 Å². The molecule has 0 radical (unpaired) electrons. The lowest BCUT2D eigenvalue weighted by atomic mass is 10.4. The van der Waals surface area contributed by atoms with E-state index in [0.29, 0.717) is 0 Å². The Hall–Kier alpha value is -0.760. The average Bonchev–Trinajstić information content (AvgIpc) is 2.19. The quantitative estimate of drug-likeness (QED) is 0.858. The number of H-pyrrole nitrogens is 1. The molecule has 9 heteroatoms. The highest BCUT2D eigenvalue weighted by Gasteiger charge is 2.32. The first kappa shape index (κ1) is 14.3. The highest BCUT2D eigenvalue weighted by Crippen LogP contribution is 2.24. The highest BCUT2D eigenvalue weighted by molar-refractivity contribution is 9.10. The minimum atomic E-state index is -4.39. The molecule has 0 unspecified atom stereocenters. The van der Waals surface area contributed by atoms with Gasteiger partial charge in [0.05, 0.1) is 6.33 Å². The van der Waals surface area contributed by atoms with Crippen LogP contribution in [0.1, 0.15) is 0 Å². The second-order valence-electron chi connectivity index (χ2n) is 3.09. The molecule has 0 spiro atoms. The fraction of sp³-hybridized carbons (Fsp3) is 0.500. The topological polar surface area (TPSA) is 49.0 Å². The average molecular weight is 335 g/mol. The van der Waals surface area contributed by atoms with E-state index in [0.717, 1.165) is 11.2 Å². The fourth-order valence-electron chi connectivity index (χ4n) is 1.17. The van der Waals surface area contributed by atoms with E-state index >= 15 is 0 Å². The number of hydrogen-bond acceptors (Lipinski definition) is 3. The Kier molecular flexibility index (Phi) is 4.81. The van der Waals surface area contributed by atoms with Crippen LogP contribution in [0.25, 0.3) is 0 Å². The zero-order valence-electron chi connectivity index (χ0n) is 8.39. The number of nitrogens with zero attached hydrogens (tertiary/aromatic N) is 2. The molecule has 0 atom stereocenters. The third-order valence-corrected chi connectivity index (χ3v) is 2.69. The van der Waals surface area contributed by atoms with Crippen molar-refractivity contribution in [1.82, 2.24) is 9.97 Å². The molecule has 0 aliphatic carbocycles. The van der Waals surface area contributed by atoms with Crippen molar-refractivity contribution in [3.8, 4) is 0 Å². The molecule has 1 aromatic heterocycles. The Balaban J connectivity index is 3.05. The number of hydrogen-bond donors (Lipinski definition) is 1. The van der Waals surface area contributed by atoms with E-state index in [1.54, 1.807) is 0 Å². The van der Waals surface area contributed by atoms with Gasteiger partial charge in [0.2, 0.25) is 0 Å². The first-order valence-corrected chi connectivity index (χ1v) is 5.78. The van der Waals surface area contributed by atoms with Gasteiger partial charge in [0.1, 0.15) is 11.0 Å². The Morgan fingerprint density at radius 1 is 1.53 bits per heavy atom. The summed E-state index contributed by atoms with van der Waals surface area (Å²) in [4.78, 5) is 18.1. The summed E-state index contributed by atoms with van der Waals surface area (Å²) in [6, 6.07) is 0. The van der Waals surface area contributed by atoms with E-state index in [4.69, 9.17) is 11.6 Å². The van der Waals surface area contributed by atoms with Crippen LogP contribution in [0.2, 0.25) is 0 Å². The van der Waals surface area contributed by atoms with Crippen LogP contribution in [-0.4, -0.2) is 35.1 Å². The van der Waals surface area contributed by atoms with Gasteiger partial charge in [0, 0.05) is 12.4 Å². The van der Waals surface area contributed by atoms with Crippen molar-refractivity contribution in [2.45, 2.75) is 6.18 Å². The number of rotatable bonds is 4. The summed E-state index contributed by atoms with van der Waals surface area (Å²) >= 11 is 8.33. The fourth-order valence-corrected chi connectivity index (χ4v) is 1.84. The van der Waals surface area contributed by atoms with Crippen molar-refractivity contribution >= 4 is 33.3 Å². The standard InChI is InChI=1S/C8H8BrClF3N3O/c9-5-6(14-4-15-7(5)17)16(2-1-10)3-8(11,12)13/h4H,1-3H2,(H,14,15,17). The van der Waals surface area contributed by atoms with Gasteiger partial charge in [-0.05, 0) is 15.9 Å². The first-order valence-electron chi connectivity index (χ1n) is 4.46. The van der Waals surface area contributed by atoms with Crippen molar-refractivity contribution in [2.24, 2.45) is 0 Å². The molecule has 1 heterocycles. The predicted molar refractivity (Wildman–Crippen MR) is 61.5 cm³/mol. The van der Waals surface area contributed by atoms with Gasteiger partial charge in [-0.3, -0.25) is 4.79 Å². The lowest BCUT2D eigenvalue weighted by Crippen LogP contribution is -2.37. The lowest BCUT2D eigenvalue weighted by Gasteiger charge is -2.24.